The van der Waals surface area contributed by atoms with Gasteiger partial charge in [0, 0.05) is 19.0 Å². The molecule has 1 fully saturated rings. The second kappa shape index (κ2) is 5.51. The highest BCUT2D eigenvalue weighted by Crippen LogP contribution is 2.14. The summed E-state index contributed by atoms with van der Waals surface area (Å²) in [7, 11) is 2.21. The molecule has 0 spiro atoms. The smallest absolute Gasteiger partial charge is 0.117 e. The van der Waals surface area contributed by atoms with E-state index >= 15 is 0 Å². The molecule has 90 valence electrons. The molecule has 16 heavy (non-hydrogen) atoms. The third-order valence-electron chi connectivity index (χ3n) is 3.42. The zero-order valence-electron chi connectivity index (χ0n) is 10.3. The lowest BCUT2D eigenvalue weighted by Gasteiger charge is -2.19. The van der Waals surface area contributed by atoms with E-state index in [1.54, 1.807) is 0 Å². The van der Waals surface area contributed by atoms with Crippen LogP contribution in [-0.4, -0.2) is 31.1 Å². The molecule has 1 aromatic heterocycles. The third kappa shape index (κ3) is 2.86. The van der Waals surface area contributed by atoms with Crippen molar-refractivity contribution in [3.05, 3.63) is 23.7 Å². The third-order valence-corrected chi connectivity index (χ3v) is 3.42. The van der Waals surface area contributed by atoms with Crippen molar-refractivity contribution in [3.63, 3.8) is 0 Å². The van der Waals surface area contributed by atoms with Gasteiger partial charge >= 0.3 is 0 Å². The molecule has 0 aliphatic carbocycles. The van der Waals surface area contributed by atoms with Crippen LogP contribution in [0.4, 0.5) is 0 Å². The van der Waals surface area contributed by atoms with Gasteiger partial charge in [-0.1, -0.05) is 6.92 Å². The Morgan fingerprint density at radius 1 is 1.44 bits per heavy atom. The fraction of sp³-hybridized carbons (Fsp3) is 0.692. The lowest BCUT2D eigenvalue weighted by molar-refractivity contribution is 0.297. The molecule has 0 saturated carbocycles. The lowest BCUT2D eigenvalue weighted by atomic mass is 10.2. The molecule has 0 radical (unpaired) electrons. The number of likely N-dealkylation sites (tertiary alicyclic amines) is 1. The van der Waals surface area contributed by atoms with Crippen LogP contribution in [0.3, 0.4) is 0 Å². The first-order valence-corrected chi connectivity index (χ1v) is 6.28. The first-order valence-electron chi connectivity index (χ1n) is 6.28. The Morgan fingerprint density at radius 2 is 2.25 bits per heavy atom. The van der Waals surface area contributed by atoms with E-state index in [0.717, 1.165) is 31.0 Å². The number of nitrogens with one attached hydrogen (secondary N) is 1. The minimum Gasteiger partial charge on any atom is -0.465 e. The van der Waals surface area contributed by atoms with Crippen molar-refractivity contribution >= 4 is 0 Å². The minimum absolute atomic E-state index is 0.709. The summed E-state index contributed by atoms with van der Waals surface area (Å²) in [6.07, 6.45) is 3.64. The van der Waals surface area contributed by atoms with Gasteiger partial charge in [0.05, 0.1) is 6.54 Å². The number of hydrogen-bond donors (Lipinski definition) is 1. The van der Waals surface area contributed by atoms with Crippen LogP contribution in [0.15, 0.2) is 16.5 Å². The number of nitrogens with zero attached hydrogens (tertiary/aromatic N) is 1. The molecule has 1 N–H and O–H groups in total. The molecule has 1 aliphatic rings. The molecule has 0 aromatic carbocycles. The largest absolute Gasteiger partial charge is 0.465 e. The molecule has 1 unspecified atom stereocenters. The standard InChI is InChI=1S/C13H22N2O/c1-3-12-6-7-13(16-12)10-14-9-11-5-4-8-15(11)2/h6-7,11,14H,3-5,8-10H2,1-2H3. The quantitative estimate of drug-likeness (QED) is 0.826. The van der Waals surface area contributed by atoms with Crippen molar-refractivity contribution in [2.75, 3.05) is 20.1 Å². The molecule has 0 amide bonds. The van der Waals surface area contributed by atoms with Gasteiger partial charge in [-0.15, -0.1) is 0 Å². The first-order chi connectivity index (χ1) is 7.79. The summed E-state index contributed by atoms with van der Waals surface area (Å²) in [5.41, 5.74) is 0. The van der Waals surface area contributed by atoms with Crippen LogP contribution in [0.1, 0.15) is 31.3 Å². The van der Waals surface area contributed by atoms with Gasteiger partial charge in [-0.05, 0) is 38.6 Å². The normalized spacial score (nSPS) is 21.8. The van der Waals surface area contributed by atoms with E-state index in [0.29, 0.717) is 6.04 Å². The Morgan fingerprint density at radius 3 is 2.88 bits per heavy atom. The van der Waals surface area contributed by atoms with E-state index in [9.17, 15) is 0 Å². The van der Waals surface area contributed by atoms with Crippen molar-refractivity contribution in [1.82, 2.24) is 10.2 Å². The highest BCUT2D eigenvalue weighted by Gasteiger charge is 2.19. The molecule has 2 heterocycles. The summed E-state index contributed by atoms with van der Waals surface area (Å²) in [6, 6.07) is 4.85. The molecule has 3 nitrogen and oxygen atoms in total. The lowest BCUT2D eigenvalue weighted by Crippen LogP contribution is -2.35. The number of hydrogen-bond acceptors (Lipinski definition) is 3. The molecule has 0 bridgehead atoms. The van der Waals surface area contributed by atoms with Gasteiger partial charge in [0.1, 0.15) is 11.5 Å². The van der Waals surface area contributed by atoms with Gasteiger partial charge in [0.2, 0.25) is 0 Å². The van der Waals surface area contributed by atoms with Gasteiger partial charge in [0.15, 0.2) is 0 Å². The Bertz CT molecular complexity index is 321. The summed E-state index contributed by atoms with van der Waals surface area (Å²) >= 11 is 0. The first kappa shape index (κ1) is 11.7. The minimum atomic E-state index is 0.709. The zero-order valence-corrected chi connectivity index (χ0v) is 10.3. The van der Waals surface area contributed by atoms with Gasteiger partial charge in [-0.3, -0.25) is 0 Å². The number of rotatable bonds is 5. The van der Waals surface area contributed by atoms with Crippen molar-refractivity contribution < 1.29 is 4.42 Å². The number of aryl methyl sites for hydroxylation is 1. The number of furan rings is 1. The Balaban J connectivity index is 1.71. The Kier molecular flexibility index (Phi) is 4.02. The SMILES string of the molecule is CCc1ccc(CNCC2CCCN2C)o1. The maximum atomic E-state index is 5.65. The molecular weight excluding hydrogens is 200 g/mol. The van der Waals surface area contributed by atoms with Crippen LogP contribution in [0, 0.1) is 0 Å². The van der Waals surface area contributed by atoms with Crippen molar-refractivity contribution in [3.8, 4) is 0 Å². The van der Waals surface area contributed by atoms with E-state index in [2.05, 4.69) is 36.3 Å². The Labute approximate surface area is 97.8 Å². The molecule has 1 saturated heterocycles. The average molecular weight is 222 g/mol. The topological polar surface area (TPSA) is 28.4 Å². The summed E-state index contributed by atoms with van der Waals surface area (Å²) in [5.74, 6) is 2.13. The van der Waals surface area contributed by atoms with Crippen LogP contribution in [0.2, 0.25) is 0 Å². The van der Waals surface area contributed by atoms with Crippen LogP contribution in [0.5, 0.6) is 0 Å². The van der Waals surface area contributed by atoms with E-state index < -0.39 is 0 Å². The van der Waals surface area contributed by atoms with Crippen molar-refractivity contribution in [2.45, 2.75) is 38.8 Å². The molecule has 1 aliphatic heterocycles. The highest BCUT2D eigenvalue weighted by molar-refractivity contribution is 5.06. The second-order valence-corrected chi connectivity index (χ2v) is 4.63. The fourth-order valence-electron chi connectivity index (χ4n) is 2.31. The van der Waals surface area contributed by atoms with Crippen LogP contribution in [-0.2, 0) is 13.0 Å². The van der Waals surface area contributed by atoms with Gasteiger partial charge in [-0.25, -0.2) is 0 Å². The highest BCUT2D eigenvalue weighted by atomic mass is 16.3. The predicted octanol–water partition coefficient (Wildman–Crippen LogP) is 2.03. The van der Waals surface area contributed by atoms with Gasteiger partial charge in [0.25, 0.3) is 0 Å². The summed E-state index contributed by atoms with van der Waals surface area (Å²) in [5, 5.41) is 3.48. The summed E-state index contributed by atoms with van der Waals surface area (Å²) in [4.78, 5) is 2.44. The maximum absolute atomic E-state index is 5.65. The zero-order chi connectivity index (χ0) is 11.4. The average Bonchev–Trinajstić information content (AvgIpc) is 2.89. The fourth-order valence-corrected chi connectivity index (χ4v) is 2.31. The summed E-state index contributed by atoms with van der Waals surface area (Å²) < 4.78 is 5.65. The molecule has 1 atom stereocenters. The van der Waals surface area contributed by atoms with E-state index in [1.165, 1.54) is 19.4 Å². The monoisotopic (exact) mass is 222 g/mol. The van der Waals surface area contributed by atoms with E-state index in [-0.39, 0.29) is 0 Å². The Hall–Kier alpha value is -0.800. The second-order valence-electron chi connectivity index (χ2n) is 4.63. The van der Waals surface area contributed by atoms with Crippen molar-refractivity contribution in [2.24, 2.45) is 0 Å². The van der Waals surface area contributed by atoms with Crippen LogP contribution >= 0.6 is 0 Å². The predicted molar refractivity (Wildman–Crippen MR) is 65.4 cm³/mol. The molecule has 2 rings (SSSR count). The van der Waals surface area contributed by atoms with E-state index in [1.807, 2.05) is 0 Å². The molecule has 1 aromatic rings. The van der Waals surface area contributed by atoms with Gasteiger partial charge in [-0.2, -0.15) is 0 Å². The number of likely N-dealkylation sites (N-methyl/N-ethyl adjacent to an activating group) is 1. The van der Waals surface area contributed by atoms with E-state index in [4.69, 9.17) is 4.42 Å². The van der Waals surface area contributed by atoms with Crippen LogP contribution < -0.4 is 5.32 Å². The maximum Gasteiger partial charge on any atom is 0.117 e. The van der Waals surface area contributed by atoms with Gasteiger partial charge < -0.3 is 14.6 Å². The molecular formula is C13H22N2O. The molecule has 3 heteroatoms. The van der Waals surface area contributed by atoms with Crippen LogP contribution in [0.25, 0.3) is 0 Å². The summed E-state index contributed by atoms with van der Waals surface area (Å²) in [6.45, 7) is 5.28. The van der Waals surface area contributed by atoms with Crippen molar-refractivity contribution in [1.29, 1.82) is 0 Å².